The van der Waals surface area contributed by atoms with Crippen LogP contribution in [0.3, 0.4) is 0 Å². The van der Waals surface area contributed by atoms with Crippen LogP contribution < -0.4 is 10.9 Å². The average Bonchev–Trinajstić information content (AvgIpc) is 2.74. The lowest BCUT2D eigenvalue weighted by atomic mass is 10.2. The molecule has 16 heavy (non-hydrogen) atoms. The van der Waals surface area contributed by atoms with Crippen LogP contribution in [0.2, 0.25) is 0 Å². The van der Waals surface area contributed by atoms with Crippen molar-refractivity contribution in [3.05, 3.63) is 34.2 Å². The summed E-state index contributed by atoms with van der Waals surface area (Å²) in [6, 6.07) is 3.34. The molecule has 1 N–H and O–H groups in total. The Balaban J connectivity index is 2.08. The molecule has 0 aliphatic heterocycles. The van der Waals surface area contributed by atoms with Crippen molar-refractivity contribution in [2.24, 2.45) is 7.05 Å². The van der Waals surface area contributed by atoms with Crippen LogP contribution in [-0.2, 0) is 7.05 Å². The lowest BCUT2D eigenvalue weighted by Gasteiger charge is -2.11. The maximum absolute atomic E-state index is 11.8. The van der Waals surface area contributed by atoms with Crippen molar-refractivity contribution in [3.8, 4) is 0 Å². The first-order valence-corrected chi connectivity index (χ1v) is 5.64. The summed E-state index contributed by atoms with van der Waals surface area (Å²) < 4.78 is 1.45. The highest BCUT2D eigenvalue weighted by molar-refractivity contribution is 5.94. The molecule has 0 aromatic carbocycles. The van der Waals surface area contributed by atoms with Crippen molar-refractivity contribution < 1.29 is 4.79 Å². The summed E-state index contributed by atoms with van der Waals surface area (Å²) in [4.78, 5) is 23.2. The Hall–Kier alpha value is -1.58. The number of aromatic nitrogens is 1. The molecule has 0 unspecified atom stereocenters. The van der Waals surface area contributed by atoms with Gasteiger partial charge in [0.25, 0.3) is 11.5 Å². The summed E-state index contributed by atoms with van der Waals surface area (Å²) in [6.45, 7) is 0. The summed E-state index contributed by atoms with van der Waals surface area (Å²) in [5.41, 5.74) is 0.300. The summed E-state index contributed by atoms with van der Waals surface area (Å²) in [5.74, 6) is -0.135. The number of rotatable bonds is 2. The van der Waals surface area contributed by atoms with Crippen LogP contribution in [0.5, 0.6) is 0 Å². The molecule has 2 rings (SSSR count). The van der Waals surface area contributed by atoms with Crippen LogP contribution >= 0.6 is 0 Å². The van der Waals surface area contributed by atoms with Crippen molar-refractivity contribution in [3.63, 3.8) is 0 Å². The molecule has 1 fully saturated rings. The van der Waals surface area contributed by atoms with Crippen molar-refractivity contribution >= 4 is 5.91 Å². The number of pyridine rings is 1. The van der Waals surface area contributed by atoms with Crippen molar-refractivity contribution in [2.45, 2.75) is 31.7 Å². The molecule has 1 aromatic heterocycles. The molecule has 4 nitrogen and oxygen atoms in total. The van der Waals surface area contributed by atoms with Crippen LogP contribution in [0.15, 0.2) is 23.1 Å². The number of carbonyl (C=O) groups is 1. The molecule has 4 heteroatoms. The van der Waals surface area contributed by atoms with Gasteiger partial charge in [-0.1, -0.05) is 12.8 Å². The first kappa shape index (κ1) is 10.9. The highest BCUT2D eigenvalue weighted by Crippen LogP contribution is 2.17. The van der Waals surface area contributed by atoms with E-state index >= 15 is 0 Å². The number of carbonyl (C=O) groups excluding carboxylic acids is 1. The predicted octanol–water partition coefficient (Wildman–Crippen LogP) is 1.06. The van der Waals surface area contributed by atoms with Gasteiger partial charge in [-0.05, 0) is 18.9 Å². The molecule has 0 radical (unpaired) electrons. The zero-order valence-corrected chi connectivity index (χ0v) is 9.40. The normalized spacial score (nSPS) is 16.3. The van der Waals surface area contributed by atoms with Gasteiger partial charge < -0.3 is 9.88 Å². The molecule has 1 aromatic rings. The SMILES string of the molecule is Cn1ccc(C(=O)NC2CCCC2)cc1=O. The summed E-state index contributed by atoms with van der Waals surface area (Å²) in [6.07, 6.45) is 6.09. The Kier molecular flexibility index (Phi) is 3.08. The molecule has 1 aliphatic carbocycles. The monoisotopic (exact) mass is 220 g/mol. The van der Waals surface area contributed by atoms with Gasteiger partial charge in [-0.25, -0.2) is 0 Å². The summed E-state index contributed by atoms with van der Waals surface area (Å²) >= 11 is 0. The topological polar surface area (TPSA) is 51.1 Å². The quantitative estimate of drug-likeness (QED) is 0.810. The Morgan fingerprint density at radius 3 is 2.75 bits per heavy atom. The second-order valence-corrected chi connectivity index (χ2v) is 4.32. The van der Waals surface area contributed by atoms with E-state index < -0.39 is 0 Å². The van der Waals surface area contributed by atoms with E-state index in [1.54, 1.807) is 19.3 Å². The molecular formula is C12H16N2O2. The zero-order valence-electron chi connectivity index (χ0n) is 9.40. The lowest BCUT2D eigenvalue weighted by Crippen LogP contribution is -2.33. The summed E-state index contributed by atoms with van der Waals surface area (Å²) in [7, 11) is 1.67. The van der Waals surface area contributed by atoms with Crippen LogP contribution in [-0.4, -0.2) is 16.5 Å². The fraction of sp³-hybridized carbons (Fsp3) is 0.500. The molecule has 1 heterocycles. The minimum absolute atomic E-state index is 0.135. The van der Waals surface area contributed by atoms with E-state index in [9.17, 15) is 9.59 Å². The van der Waals surface area contributed by atoms with Gasteiger partial charge in [0.15, 0.2) is 0 Å². The van der Waals surface area contributed by atoms with Gasteiger partial charge >= 0.3 is 0 Å². The van der Waals surface area contributed by atoms with Gasteiger partial charge in [0, 0.05) is 30.9 Å². The highest BCUT2D eigenvalue weighted by atomic mass is 16.2. The third-order valence-electron chi connectivity index (χ3n) is 3.06. The van der Waals surface area contributed by atoms with E-state index in [-0.39, 0.29) is 17.5 Å². The highest BCUT2D eigenvalue weighted by Gasteiger charge is 2.17. The van der Waals surface area contributed by atoms with Gasteiger partial charge in [0.1, 0.15) is 0 Å². The zero-order chi connectivity index (χ0) is 11.5. The van der Waals surface area contributed by atoms with E-state index in [1.807, 2.05) is 0 Å². The maximum Gasteiger partial charge on any atom is 0.251 e. The first-order valence-electron chi connectivity index (χ1n) is 5.64. The molecule has 86 valence electrons. The average molecular weight is 220 g/mol. The van der Waals surface area contributed by atoms with Gasteiger partial charge in [-0.3, -0.25) is 9.59 Å². The van der Waals surface area contributed by atoms with E-state index in [4.69, 9.17) is 0 Å². The lowest BCUT2D eigenvalue weighted by molar-refractivity contribution is 0.0937. The van der Waals surface area contributed by atoms with Crippen LogP contribution in [0, 0.1) is 0 Å². The number of nitrogens with one attached hydrogen (secondary N) is 1. The van der Waals surface area contributed by atoms with Gasteiger partial charge in [0.05, 0.1) is 0 Å². The van der Waals surface area contributed by atoms with E-state index in [0.717, 1.165) is 12.8 Å². The van der Waals surface area contributed by atoms with E-state index in [2.05, 4.69) is 5.32 Å². The smallest absolute Gasteiger partial charge is 0.251 e. The molecular weight excluding hydrogens is 204 g/mol. The van der Waals surface area contributed by atoms with Crippen LogP contribution in [0.25, 0.3) is 0 Å². The molecule has 0 saturated heterocycles. The Morgan fingerprint density at radius 2 is 2.12 bits per heavy atom. The largest absolute Gasteiger partial charge is 0.349 e. The first-order chi connectivity index (χ1) is 7.66. The summed E-state index contributed by atoms with van der Waals surface area (Å²) in [5, 5.41) is 2.95. The maximum atomic E-state index is 11.8. The third kappa shape index (κ3) is 2.32. The number of nitrogens with zero attached hydrogens (tertiary/aromatic N) is 1. The Bertz CT molecular complexity index is 445. The Morgan fingerprint density at radius 1 is 1.44 bits per heavy atom. The van der Waals surface area contributed by atoms with Crippen molar-refractivity contribution in [2.75, 3.05) is 0 Å². The molecule has 0 atom stereocenters. The molecule has 0 spiro atoms. The Labute approximate surface area is 94.3 Å². The fourth-order valence-corrected chi connectivity index (χ4v) is 2.03. The van der Waals surface area contributed by atoms with Gasteiger partial charge in [0.2, 0.25) is 0 Å². The number of hydrogen-bond donors (Lipinski definition) is 1. The number of aryl methyl sites for hydroxylation is 1. The van der Waals surface area contributed by atoms with E-state index in [1.165, 1.54) is 23.5 Å². The standard InChI is InChI=1S/C12H16N2O2/c1-14-7-6-9(8-11(14)15)12(16)13-10-4-2-3-5-10/h6-8,10H,2-5H2,1H3,(H,13,16). The van der Waals surface area contributed by atoms with Crippen LogP contribution in [0.4, 0.5) is 0 Å². The van der Waals surface area contributed by atoms with Crippen molar-refractivity contribution in [1.29, 1.82) is 0 Å². The molecule has 1 amide bonds. The minimum atomic E-state index is -0.154. The predicted molar refractivity (Wildman–Crippen MR) is 61.4 cm³/mol. The molecule has 1 saturated carbocycles. The second-order valence-electron chi connectivity index (χ2n) is 4.32. The number of hydrogen-bond acceptors (Lipinski definition) is 2. The van der Waals surface area contributed by atoms with E-state index in [0.29, 0.717) is 5.56 Å². The van der Waals surface area contributed by atoms with Crippen molar-refractivity contribution in [1.82, 2.24) is 9.88 Å². The molecule has 1 aliphatic rings. The third-order valence-corrected chi connectivity index (χ3v) is 3.06. The number of amides is 1. The van der Waals surface area contributed by atoms with Crippen LogP contribution in [0.1, 0.15) is 36.0 Å². The van der Waals surface area contributed by atoms with Gasteiger partial charge in [-0.2, -0.15) is 0 Å². The molecule has 0 bridgehead atoms. The van der Waals surface area contributed by atoms with Gasteiger partial charge in [-0.15, -0.1) is 0 Å². The second kappa shape index (κ2) is 4.51. The fourth-order valence-electron chi connectivity index (χ4n) is 2.03. The minimum Gasteiger partial charge on any atom is -0.349 e.